The van der Waals surface area contributed by atoms with Gasteiger partial charge in [-0.1, -0.05) is 30.9 Å². The molecule has 0 atom stereocenters. The van der Waals surface area contributed by atoms with Crippen LogP contribution in [-0.2, 0) is 4.79 Å². The molecule has 0 heterocycles. The minimum absolute atomic E-state index is 0.0446. The summed E-state index contributed by atoms with van der Waals surface area (Å²) in [6.45, 7) is 0.0676. The molecule has 0 unspecified atom stereocenters. The van der Waals surface area contributed by atoms with E-state index in [2.05, 4.69) is 5.32 Å². The highest BCUT2D eigenvalue weighted by Gasteiger charge is 2.15. The van der Waals surface area contributed by atoms with Crippen LogP contribution >= 0.6 is 11.6 Å². The molecule has 1 aromatic rings. The number of benzene rings is 1. The van der Waals surface area contributed by atoms with E-state index >= 15 is 0 Å². The summed E-state index contributed by atoms with van der Waals surface area (Å²) in [7, 11) is 0. The van der Waals surface area contributed by atoms with Gasteiger partial charge in [0.2, 0.25) is 0 Å². The minimum Gasteiger partial charge on any atom is -0.484 e. The number of rotatable bonds is 4. The van der Waals surface area contributed by atoms with Gasteiger partial charge in [0, 0.05) is 11.1 Å². The van der Waals surface area contributed by atoms with E-state index in [1.165, 1.54) is 19.3 Å². The van der Waals surface area contributed by atoms with Crippen molar-refractivity contribution in [2.24, 2.45) is 0 Å². The Bertz CT molecular complexity index is 385. The third-order valence-corrected chi connectivity index (χ3v) is 3.41. The molecule has 0 radical (unpaired) electrons. The van der Waals surface area contributed by atoms with E-state index in [-0.39, 0.29) is 12.5 Å². The van der Waals surface area contributed by atoms with Gasteiger partial charge in [0.05, 0.1) is 0 Å². The molecule has 4 heteroatoms. The first kappa shape index (κ1) is 13.2. The van der Waals surface area contributed by atoms with Crippen LogP contribution in [0, 0.1) is 0 Å². The molecule has 1 aliphatic carbocycles. The first-order valence-corrected chi connectivity index (χ1v) is 6.79. The van der Waals surface area contributed by atoms with Crippen LogP contribution in [0.25, 0.3) is 0 Å². The van der Waals surface area contributed by atoms with E-state index in [4.69, 9.17) is 16.3 Å². The van der Waals surface area contributed by atoms with Gasteiger partial charge in [-0.3, -0.25) is 4.79 Å². The Hall–Kier alpha value is -1.22. The van der Waals surface area contributed by atoms with Crippen molar-refractivity contribution in [1.29, 1.82) is 0 Å². The van der Waals surface area contributed by atoms with Gasteiger partial charge in [-0.2, -0.15) is 0 Å². The molecule has 1 amide bonds. The van der Waals surface area contributed by atoms with E-state index in [0.717, 1.165) is 12.8 Å². The normalized spacial score (nSPS) is 16.3. The van der Waals surface area contributed by atoms with Crippen LogP contribution < -0.4 is 10.1 Å². The number of amides is 1. The second-order valence-corrected chi connectivity index (χ2v) is 5.08. The van der Waals surface area contributed by atoms with Crippen molar-refractivity contribution in [2.75, 3.05) is 6.61 Å². The molecule has 1 aliphatic rings. The summed E-state index contributed by atoms with van der Waals surface area (Å²) in [6, 6.07) is 7.35. The second kappa shape index (κ2) is 6.64. The minimum atomic E-state index is -0.0446. The average molecular weight is 268 g/mol. The number of hydrogen-bond donors (Lipinski definition) is 1. The maximum Gasteiger partial charge on any atom is 0.258 e. The number of hydrogen-bond acceptors (Lipinski definition) is 2. The molecule has 0 saturated heterocycles. The molecule has 1 aromatic carbocycles. The van der Waals surface area contributed by atoms with Gasteiger partial charge in [0.1, 0.15) is 5.75 Å². The van der Waals surface area contributed by atoms with Gasteiger partial charge < -0.3 is 10.1 Å². The van der Waals surface area contributed by atoms with Crippen LogP contribution in [0.4, 0.5) is 0 Å². The smallest absolute Gasteiger partial charge is 0.258 e. The quantitative estimate of drug-likeness (QED) is 0.910. The Labute approximate surface area is 112 Å². The predicted molar refractivity (Wildman–Crippen MR) is 72.0 cm³/mol. The molecule has 0 aliphatic heterocycles. The van der Waals surface area contributed by atoms with Gasteiger partial charge in [-0.15, -0.1) is 0 Å². The summed E-state index contributed by atoms with van der Waals surface area (Å²) >= 11 is 5.77. The molecule has 18 heavy (non-hydrogen) atoms. The van der Waals surface area contributed by atoms with Crippen molar-refractivity contribution in [3.8, 4) is 5.75 Å². The molecule has 2 rings (SSSR count). The number of carbonyl (C=O) groups is 1. The molecule has 0 bridgehead atoms. The van der Waals surface area contributed by atoms with Crippen molar-refractivity contribution in [2.45, 2.75) is 38.1 Å². The number of carbonyl (C=O) groups excluding carboxylic acids is 1. The summed E-state index contributed by atoms with van der Waals surface area (Å²) in [5, 5.41) is 3.67. The van der Waals surface area contributed by atoms with Gasteiger partial charge in [0.25, 0.3) is 5.91 Å². The number of halogens is 1. The largest absolute Gasteiger partial charge is 0.484 e. The lowest BCUT2D eigenvalue weighted by Crippen LogP contribution is -2.38. The van der Waals surface area contributed by atoms with E-state index in [1.807, 2.05) is 0 Å². The fraction of sp³-hybridized carbons (Fsp3) is 0.500. The maximum atomic E-state index is 11.7. The molecule has 0 spiro atoms. The van der Waals surface area contributed by atoms with Crippen LogP contribution in [0.2, 0.25) is 5.02 Å². The fourth-order valence-corrected chi connectivity index (χ4v) is 2.32. The highest BCUT2D eigenvalue weighted by atomic mass is 35.5. The van der Waals surface area contributed by atoms with Crippen LogP contribution in [0.15, 0.2) is 24.3 Å². The van der Waals surface area contributed by atoms with Gasteiger partial charge in [-0.25, -0.2) is 0 Å². The van der Waals surface area contributed by atoms with Crippen molar-refractivity contribution in [3.05, 3.63) is 29.3 Å². The fourth-order valence-electron chi connectivity index (χ4n) is 2.20. The number of nitrogens with one attached hydrogen (secondary N) is 1. The average Bonchev–Trinajstić information content (AvgIpc) is 2.39. The Morgan fingerprint density at radius 3 is 2.56 bits per heavy atom. The lowest BCUT2D eigenvalue weighted by atomic mass is 9.95. The van der Waals surface area contributed by atoms with E-state index in [0.29, 0.717) is 16.8 Å². The predicted octanol–water partition coefficient (Wildman–Crippen LogP) is 3.17. The topological polar surface area (TPSA) is 38.3 Å². The monoisotopic (exact) mass is 267 g/mol. The Morgan fingerprint density at radius 1 is 1.22 bits per heavy atom. The molecule has 1 fully saturated rings. The molecule has 1 saturated carbocycles. The molecular weight excluding hydrogens is 250 g/mol. The van der Waals surface area contributed by atoms with E-state index in [9.17, 15) is 4.79 Å². The third-order valence-electron chi connectivity index (χ3n) is 3.15. The summed E-state index contributed by atoms with van der Waals surface area (Å²) in [6.07, 6.45) is 5.89. The van der Waals surface area contributed by atoms with Crippen molar-refractivity contribution >= 4 is 17.5 Å². The zero-order chi connectivity index (χ0) is 12.8. The molecule has 98 valence electrons. The zero-order valence-electron chi connectivity index (χ0n) is 10.3. The number of ether oxygens (including phenoxy) is 1. The van der Waals surface area contributed by atoms with Crippen molar-refractivity contribution in [1.82, 2.24) is 5.32 Å². The summed E-state index contributed by atoms with van der Waals surface area (Å²) < 4.78 is 5.39. The van der Waals surface area contributed by atoms with Gasteiger partial charge >= 0.3 is 0 Å². The van der Waals surface area contributed by atoms with Crippen LogP contribution in [0.5, 0.6) is 5.75 Å². The van der Waals surface area contributed by atoms with Gasteiger partial charge in [0.15, 0.2) is 6.61 Å². The second-order valence-electron chi connectivity index (χ2n) is 4.65. The lowest BCUT2D eigenvalue weighted by Gasteiger charge is -2.22. The van der Waals surface area contributed by atoms with E-state index < -0.39 is 0 Å². The van der Waals surface area contributed by atoms with Crippen LogP contribution in [0.3, 0.4) is 0 Å². The summed E-state index contributed by atoms with van der Waals surface area (Å²) in [5.41, 5.74) is 0. The highest BCUT2D eigenvalue weighted by Crippen LogP contribution is 2.18. The van der Waals surface area contributed by atoms with Crippen molar-refractivity contribution in [3.63, 3.8) is 0 Å². The highest BCUT2D eigenvalue weighted by molar-refractivity contribution is 6.30. The lowest BCUT2D eigenvalue weighted by molar-refractivity contribution is -0.124. The molecule has 1 N–H and O–H groups in total. The third kappa shape index (κ3) is 4.22. The van der Waals surface area contributed by atoms with Crippen LogP contribution in [0.1, 0.15) is 32.1 Å². The maximum absolute atomic E-state index is 11.7. The first-order valence-electron chi connectivity index (χ1n) is 6.42. The van der Waals surface area contributed by atoms with E-state index in [1.54, 1.807) is 24.3 Å². The Morgan fingerprint density at radius 2 is 1.89 bits per heavy atom. The Kier molecular flexibility index (Phi) is 4.88. The Balaban J connectivity index is 1.72. The molecule has 3 nitrogen and oxygen atoms in total. The summed E-state index contributed by atoms with van der Waals surface area (Å²) in [4.78, 5) is 11.7. The standard InChI is InChI=1S/C14H18ClNO2/c15-11-6-8-13(9-7-11)18-10-14(17)16-12-4-2-1-3-5-12/h6-9,12H,1-5,10H2,(H,16,17). The molecular formula is C14H18ClNO2. The van der Waals surface area contributed by atoms with Gasteiger partial charge in [-0.05, 0) is 37.1 Å². The van der Waals surface area contributed by atoms with Crippen LogP contribution in [-0.4, -0.2) is 18.6 Å². The SMILES string of the molecule is O=C(COc1ccc(Cl)cc1)NC1CCCCC1. The van der Waals surface area contributed by atoms with Crippen molar-refractivity contribution < 1.29 is 9.53 Å². The molecule has 0 aromatic heterocycles. The zero-order valence-corrected chi connectivity index (χ0v) is 11.1. The first-order chi connectivity index (χ1) is 8.74. The summed E-state index contributed by atoms with van der Waals surface area (Å²) in [5.74, 6) is 0.620.